The maximum atomic E-state index is 13.2. The van der Waals surface area contributed by atoms with Gasteiger partial charge in [0.15, 0.2) is 0 Å². The van der Waals surface area contributed by atoms with E-state index in [9.17, 15) is 4.39 Å². The van der Waals surface area contributed by atoms with Gasteiger partial charge in [-0.25, -0.2) is 4.39 Å². The van der Waals surface area contributed by atoms with Gasteiger partial charge in [0.2, 0.25) is 0 Å². The number of nitrogens with one attached hydrogen (secondary N) is 1. The third-order valence-corrected chi connectivity index (χ3v) is 3.65. The van der Waals surface area contributed by atoms with E-state index in [2.05, 4.69) is 47.2 Å². The number of hydrogen-bond acceptors (Lipinski definition) is 1. The molecule has 0 bridgehead atoms. The van der Waals surface area contributed by atoms with E-state index in [0.29, 0.717) is 0 Å². The molecular weight excluding hydrogens is 293 g/mol. The van der Waals surface area contributed by atoms with Gasteiger partial charge >= 0.3 is 0 Å². The van der Waals surface area contributed by atoms with Crippen molar-refractivity contribution in [1.82, 2.24) is 0 Å². The second-order valence-corrected chi connectivity index (χ2v) is 5.20. The van der Waals surface area contributed by atoms with Gasteiger partial charge in [-0.05, 0) is 59.1 Å². The minimum absolute atomic E-state index is 0.129. The summed E-state index contributed by atoms with van der Waals surface area (Å²) < 4.78 is 14.1. The number of halogens is 2. The molecule has 1 atom stereocenters. The minimum atomic E-state index is -0.238. The first kappa shape index (κ1) is 13.1. The van der Waals surface area contributed by atoms with Crippen LogP contribution in [0.15, 0.2) is 46.9 Å². The molecule has 0 fully saturated rings. The lowest BCUT2D eigenvalue weighted by Gasteiger charge is -2.18. The van der Waals surface area contributed by atoms with Crippen molar-refractivity contribution in [3.8, 4) is 0 Å². The first-order chi connectivity index (χ1) is 8.58. The van der Waals surface area contributed by atoms with E-state index in [0.717, 1.165) is 10.2 Å². The minimum Gasteiger partial charge on any atom is -0.378 e. The van der Waals surface area contributed by atoms with E-state index in [1.54, 1.807) is 6.07 Å². The summed E-state index contributed by atoms with van der Waals surface area (Å²) in [5.74, 6) is -0.238. The van der Waals surface area contributed by atoms with E-state index in [4.69, 9.17) is 0 Å². The third-order valence-electron chi connectivity index (χ3n) is 2.96. The summed E-state index contributed by atoms with van der Waals surface area (Å²) in [5.41, 5.74) is 3.21. The number of aryl methyl sites for hydroxylation is 1. The smallest absolute Gasteiger partial charge is 0.125 e. The van der Waals surface area contributed by atoms with Gasteiger partial charge in [0.05, 0.1) is 5.69 Å². The van der Waals surface area contributed by atoms with Gasteiger partial charge in [0.25, 0.3) is 0 Å². The van der Waals surface area contributed by atoms with Crippen LogP contribution in [0.4, 0.5) is 10.1 Å². The van der Waals surface area contributed by atoms with Crippen LogP contribution in [0, 0.1) is 12.7 Å². The van der Waals surface area contributed by atoms with E-state index >= 15 is 0 Å². The largest absolute Gasteiger partial charge is 0.378 e. The van der Waals surface area contributed by atoms with Crippen LogP contribution in [0.2, 0.25) is 0 Å². The highest BCUT2D eigenvalue weighted by atomic mass is 79.9. The Hall–Kier alpha value is -1.35. The molecule has 0 aliphatic carbocycles. The van der Waals surface area contributed by atoms with Gasteiger partial charge in [0, 0.05) is 10.5 Å². The van der Waals surface area contributed by atoms with E-state index in [1.807, 2.05) is 12.1 Å². The molecule has 0 heterocycles. The van der Waals surface area contributed by atoms with Gasteiger partial charge in [-0.3, -0.25) is 0 Å². The highest BCUT2D eigenvalue weighted by molar-refractivity contribution is 9.10. The molecule has 1 nitrogen and oxygen atoms in total. The van der Waals surface area contributed by atoms with Crippen molar-refractivity contribution in [3.05, 3.63) is 63.9 Å². The number of anilines is 1. The van der Waals surface area contributed by atoms with Crippen molar-refractivity contribution < 1.29 is 4.39 Å². The van der Waals surface area contributed by atoms with Gasteiger partial charge in [-0.15, -0.1) is 0 Å². The molecule has 3 heteroatoms. The molecule has 2 rings (SSSR count). The van der Waals surface area contributed by atoms with Gasteiger partial charge in [-0.1, -0.05) is 24.3 Å². The number of hydrogen-bond donors (Lipinski definition) is 1. The summed E-state index contributed by atoms with van der Waals surface area (Å²) in [6.45, 7) is 4.15. The van der Waals surface area contributed by atoms with Crippen molar-refractivity contribution in [2.75, 3.05) is 5.32 Å². The Labute approximate surface area is 115 Å². The summed E-state index contributed by atoms with van der Waals surface area (Å²) in [5, 5.41) is 3.32. The van der Waals surface area contributed by atoms with Crippen LogP contribution in [-0.2, 0) is 0 Å². The van der Waals surface area contributed by atoms with Gasteiger partial charge in [-0.2, -0.15) is 0 Å². The fourth-order valence-corrected chi connectivity index (χ4v) is 2.35. The molecule has 0 saturated carbocycles. The molecule has 1 N–H and O–H groups in total. The molecule has 94 valence electrons. The van der Waals surface area contributed by atoms with Crippen molar-refractivity contribution in [2.24, 2.45) is 0 Å². The van der Waals surface area contributed by atoms with Crippen molar-refractivity contribution >= 4 is 21.6 Å². The predicted octanol–water partition coefficient (Wildman–Crippen LogP) is 5.07. The quantitative estimate of drug-likeness (QED) is 0.834. The molecule has 18 heavy (non-hydrogen) atoms. The van der Waals surface area contributed by atoms with Gasteiger partial charge in [0.1, 0.15) is 5.82 Å². The van der Waals surface area contributed by atoms with Gasteiger partial charge < -0.3 is 5.32 Å². The van der Waals surface area contributed by atoms with Crippen molar-refractivity contribution in [2.45, 2.75) is 19.9 Å². The Bertz CT molecular complexity index is 554. The van der Waals surface area contributed by atoms with Crippen molar-refractivity contribution in [1.29, 1.82) is 0 Å². The summed E-state index contributed by atoms with van der Waals surface area (Å²) in [6.07, 6.45) is 0. The molecule has 0 aromatic heterocycles. The summed E-state index contributed by atoms with van der Waals surface area (Å²) in [4.78, 5) is 0. The molecule has 0 amide bonds. The molecular formula is C15H15BrFN. The maximum absolute atomic E-state index is 13.2. The average Bonchev–Trinajstić information content (AvgIpc) is 2.34. The predicted molar refractivity (Wildman–Crippen MR) is 77.3 cm³/mol. The average molecular weight is 308 g/mol. The van der Waals surface area contributed by atoms with E-state index in [-0.39, 0.29) is 11.9 Å². The molecule has 2 aromatic carbocycles. The Balaban J connectivity index is 2.24. The van der Waals surface area contributed by atoms with Crippen molar-refractivity contribution in [3.63, 3.8) is 0 Å². The Morgan fingerprint density at radius 2 is 1.89 bits per heavy atom. The topological polar surface area (TPSA) is 12.0 Å². The Kier molecular flexibility index (Phi) is 4.02. The first-order valence-electron chi connectivity index (χ1n) is 5.85. The zero-order chi connectivity index (χ0) is 13.1. The lowest BCUT2D eigenvalue weighted by molar-refractivity contribution is 0.627. The van der Waals surface area contributed by atoms with Crippen LogP contribution in [-0.4, -0.2) is 0 Å². The molecule has 0 aliphatic heterocycles. The summed E-state index contributed by atoms with van der Waals surface area (Å²) >= 11 is 3.42. The molecule has 1 unspecified atom stereocenters. The normalized spacial score (nSPS) is 12.2. The highest BCUT2D eigenvalue weighted by Crippen LogP contribution is 2.28. The SMILES string of the molecule is Cc1ccccc1C(C)Nc1cc(F)ccc1Br. The molecule has 0 radical (unpaired) electrons. The number of rotatable bonds is 3. The second kappa shape index (κ2) is 5.53. The zero-order valence-electron chi connectivity index (χ0n) is 10.4. The monoisotopic (exact) mass is 307 g/mol. The number of benzene rings is 2. The van der Waals surface area contributed by atoms with Crippen LogP contribution in [0.25, 0.3) is 0 Å². The molecule has 0 aliphatic rings. The third kappa shape index (κ3) is 2.91. The van der Waals surface area contributed by atoms with Crippen LogP contribution < -0.4 is 5.32 Å². The Morgan fingerprint density at radius 1 is 1.17 bits per heavy atom. The lowest BCUT2D eigenvalue weighted by Crippen LogP contribution is -2.08. The summed E-state index contributed by atoms with van der Waals surface area (Å²) in [6, 6.07) is 13.0. The van der Waals surface area contributed by atoms with E-state index in [1.165, 1.54) is 23.3 Å². The fourth-order valence-electron chi connectivity index (χ4n) is 1.99. The highest BCUT2D eigenvalue weighted by Gasteiger charge is 2.09. The zero-order valence-corrected chi connectivity index (χ0v) is 12.0. The van der Waals surface area contributed by atoms with E-state index < -0.39 is 0 Å². The van der Waals surface area contributed by atoms with Crippen LogP contribution in [0.3, 0.4) is 0 Å². The molecule has 0 spiro atoms. The second-order valence-electron chi connectivity index (χ2n) is 4.35. The lowest BCUT2D eigenvalue weighted by atomic mass is 10.0. The molecule has 0 saturated heterocycles. The van der Waals surface area contributed by atoms with Crippen LogP contribution in [0.1, 0.15) is 24.1 Å². The van der Waals surface area contributed by atoms with Crippen LogP contribution >= 0.6 is 15.9 Å². The maximum Gasteiger partial charge on any atom is 0.125 e. The standard InChI is InChI=1S/C15H15BrFN/c1-10-5-3-4-6-13(10)11(2)18-15-9-12(17)7-8-14(15)16/h3-9,11,18H,1-2H3. The Morgan fingerprint density at radius 3 is 2.61 bits per heavy atom. The fraction of sp³-hybridized carbons (Fsp3) is 0.200. The van der Waals surface area contributed by atoms with Crippen LogP contribution in [0.5, 0.6) is 0 Å². The first-order valence-corrected chi connectivity index (χ1v) is 6.64. The summed E-state index contributed by atoms with van der Waals surface area (Å²) in [7, 11) is 0. The molecule has 2 aromatic rings.